The van der Waals surface area contributed by atoms with E-state index < -0.39 is 0 Å². The molecule has 0 spiro atoms. The van der Waals surface area contributed by atoms with Gasteiger partial charge in [-0.1, -0.05) is 17.8 Å². The second-order valence-corrected chi connectivity index (χ2v) is 6.30. The maximum absolute atomic E-state index is 12.1. The molecule has 1 N–H and O–H groups in total. The van der Waals surface area contributed by atoms with E-state index in [1.54, 1.807) is 19.1 Å². The molecule has 1 aliphatic heterocycles. The highest BCUT2D eigenvalue weighted by Crippen LogP contribution is 2.29. The Morgan fingerprint density at radius 2 is 2.09 bits per heavy atom. The van der Waals surface area contributed by atoms with Gasteiger partial charge in [0.05, 0.1) is 20.3 Å². The van der Waals surface area contributed by atoms with Gasteiger partial charge in [0, 0.05) is 25.3 Å². The first kappa shape index (κ1) is 17.5. The molecule has 126 valence electrons. The second-order valence-electron chi connectivity index (χ2n) is 5.26. The van der Waals surface area contributed by atoms with E-state index in [9.17, 15) is 9.59 Å². The molecule has 1 heterocycles. The molecule has 1 fully saturated rings. The maximum Gasteiger partial charge on any atom is 0.281 e. The summed E-state index contributed by atoms with van der Waals surface area (Å²) in [5.74, 6) is 2.02. The number of benzene rings is 1. The molecular weight excluding hydrogens is 316 g/mol. The second kappa shape index (κ2) is 8.10. The number of carbonyl (C=O) groups is 2. The Balaban J connectivity index is 1.89. The predicted octanol–water partition coefficient (Wildman–Crippen LogP) is 2.44. The molecule has 2 rings (SSSR count). The van der Waals surface area contributed by atoms with Crippen molar-refractivity contribution >= 4 is 22.9 Å². The third kappa shape index (κ3) is 4.54. The molecule has 0 aromatic heterocycles. The Bertz CT molecular complexity index is 579. The fraction of sp³-hybridized carbons (Fsp3) is 0.500. The average molecular weight is 338 g/mol. The van der Waals surface area contributed by atoms with Crippen molar-refractivity contribution in [2.24, 2.45) is 0 Å². The summed E-state index contributed by atoms with van der Waals surface area (Å²) in [5.41, 5.74) is 0.934. The Hall–Kier alpha value is -1.89. The summed E-state index contributed by atoms with van der Waals surface area (Å²) < 4.78 is 10.5. The van der Waals surface area contributed by atoms with Gasteiger partial charge in [-0.05, 0) is 24.6 Å². The van der Waals surface area contributed by atoms with Crippen LogP contribution in [0.1, 0.15) is 24.9 Å². The van der Waals surface area contributed by atoms with Crippen LogP contribution in [0.5, 0.6) is 11.5 Å². The Kier molecular flexibility index (Phi) is 6.15. The van der Waals surface area contributed by atoms with Gasteiger partial charge in [-0.3, -0.25) is 9.59 Å². The lowest BCUT2D eigenvalue weighted by Gasteiger charge is -2.18. The van der Waals surface area contributed by atoms with Crippen molar-refractivity contribution < 1.29 is 19.1 Å². The fourth-order valence-corrected chi connectivity index (χ4v) is 3.24. The first-order valence-corrected chi connectivity index (χ1v) is 8.46. The van der Waals surface area contributed by atoms with Crippen molar-refractivity contribution in [2.75, 3.05) is 33.1 Å². The number of hydrogen-bond acceptors (Lipinski definition) is 5. The van der Waals surface area contributed by atoms with Crippen LogP contribution in [0.2, 0.25) is 0 Å². The van der Waals surface area contributed by atoms with Crippen LogP contribution in [-0.2, 0) is 4.79 Å². The van der Waals surface area contributed by atoms with Gasteiger partial charge in [-0.25, -0.2) is 0 Å². The predicted molar refractivity (Wildman–Crippen MR) is 90.1 cm³/mol. The van der Waals surface area contributed by atoms with Gasteiger partial charge in [0.25, 0.3) is 5.24 Å². The molecular formula is C16H22N2O4S. The summed E-state index contributed by atoms with van der Waals surface area (Å²) in [7, 11) is 3.16. The van der Waals surface area contributed by atoms with Crippen LogP contribution in [0.4, 0.5) is 4.79 Å². The number of amides is 2. The first-order chi connectivity index (χ1) is 11.0. The summed E-state index contributed by atoms with van der Waals surface area (Å²) in [4.78, 5) is 25.3. The summed E-state index contributed by atoms with van der Waals surface area (Å²) in [6.07, 6.45) is 0.309. The van der Waals surface area contributed by atoms with Crippen molar-refractivity contribution in [2.45, 2.75) is 19.4 Å². The van der Waals surface area contributed by atoms with Crippen LogP contribution in [-0.4, -0.2) is 49.1 Å². The molecule has 0 saturated carbocycles. The van der Waals surface area contributed by atoms with Gasteiger partial charge in [-0.2, -0.15) is 0 Å². The average Bonchev–Trinajstić information content (AvgIpc) is 2.97. The number of methoxy groups -OCH3 is 2. The zero-order valence-electron chi connectivity index (χ0n) is 13.6. The lowest BCUT2D eigenvalue weighted by atomic mass is 10.1. The van der Waals surface area contributed by atoms with Crippen molar-refractivity contribution in [3.63, 3.8) is 0 Å². The largest absolute Gasteiger partial charge is 0.493 e. The zero-order chi connectivity index (χ0) is 16.8. The van der Waals surface area contributed by atoms with Crippen molar-refractivity contribution in [3.8, 4) is 11.5 Å². The smallest absolute Gasteiger partial charge is 0.281 e. The highest BCUT2D eigenvalue weighted by molar-refractivity contribution is 8.13. The minimum absolute atomic E-state index is 0.0609. The number of carbonyl (C=O) groups excluding carboxylic acids is 2. The van der Waals surface area contributed by atoms with E-state index in [1.807, 2.05) is 25.1 Å². The quantitative estimate of drug-likeness (QED) is 0.827. The van der Waals surface area contributed by atoms with E-state index >= 15 is 0 Å². The molecule has 1 atom stereocenters. The minimum atomic E-state index is -0.147. The Morgan fingerprint density at radius 3 is 2.70 bits per heavy atom. The lowest BCUT2D eigenvalue weighted by molar-refractivity contribution is -0.121. The standard InChI is InChI=1S/C16H22N2O4S/c1-11(12-4-5-13(21-2)14(10-12)22-3)17-15(19)6-7-18-8-9-23-16(18)20/h4-5,10-11H,6-9H2,1-3H3,(H,17,19)/t11-/m1/s1. The van der Waals surface area contributed by atoms with E-state index in [1.165, 1.54) is 11.8 Å². The Labute approximate surface area is 140 Å². The number of hydrogen-bond donors (Lipinski definition) is 1. The van der Waals surface area contributed by atoms with Crippen LogP contribution in [0.15, 0.2) is 18.2 Å². The molecule has 0 unspecified atom stereocenters. The molecule has 6 nitrogen and oxygen atoms in total. The molecule has 0 bridgehead atoms. The molecule has 1 aromatic rings. The van der Waals surface area contributed by atoms with Gasteiger partial charge in [-0.15, -0.1) is 0 Å². The molecule has 7 heteroatoms. The third-order valence-corrected chi connectivity index (χ3v) is 4.63. The fourth-order valence-electron chi connectivity index (χ4n) is 2.38. The molecule has 1 aliphatic rings. The highest BCUT2D eigenvalue weighted by Gasteiger charge is 2.21. The van der Waals surface area contributed by atoms with Crippen LogP contribution >= 0.6 is 11.8 Å². The Morgan fingerprint density at radius 1 is 1.35 bits per heavy atom. The van der Waals surface area contributed by atoms with Crippen molar-refractivity contribution in [3.05, 3.63) is 23.8 Å². The minimum Gasteiger partial charge on any atom is -0.493 e. The third-order valence-electron chi connectivity index (χ3n) is 3.74. The van der Waals surface area contributed by atoms with E-state index in [2.05, 4.69) is 5.32 Å². The maximum atomic E-state index is 12.1. The van der Waals surface area contributed by atoms with Crippen molar-refractivity contribution in [1.82, 2.24) is 10.2 Å². The SMILES string of the molecule is COc1ccc([C@@H](C)NC(=O)CCN2CCSC2=O)cc1OC. The molecule has 0 aliphatic carbocycles. The summed E-state index contributed by atoms with van der Waals surface area (Å²) in [6, 6.07) is 5.42. The summed E-state index contributed by atoms with van der Waals surface area (Å²) in [6.45, 7) is 3.11. The number of nitrogens with zero attached hydrogens (tertiary/aromatic N) is 1. The first-order valence-electron chi connectivity index (χ1n) is 7.48. The molecule has 23 heavy (non-hydrogen) atoms. The number of thioether (sulfide) groups is 1. The van der Waals surface area contributed by atoms with E-state index in [4.69, 9.17) is 9.47 Å². The molecule has 1 aromatic carbocycles. The normalized spacial score (nSPS) is 15.4. The van der Waals surface area contributed by atoms with Crippen LogP contribution < -0.4 is 14.8 Å². The monoisotopic (exact) mass is 338 g/mol. The van der Waals surface area contributed by atoms with E-state index in [0.29, 0.717) is 24.5 Å². The van der Waals surface area contributed by atoms with Crippen molar-refractivity contribution in [1.29, 1.82) is 0 Å². The topological polar surface area (TPSA) is 67.9 Å². The van der Waals surface area contributed by atoms with Crippen LogP contribution in [0.25, 0.3) is 0 Å². The number of nitrogens with one attached hydrogen (secondary N) is 1. The number of ether oxygens (including phenoxy) is 2. The van der Waals surface area contributed by atoms with Gasteiger partial charge in [0.2, 0.25) is 5.91 Å². The highest BCUT2D eigenvalue weighted by atomic mass is 32.2. The van der Waals surface area contributed by atoms with Gasteiger partial charge < -0.3 is 19.7 Å². The van der Waals surface area contributed by atoms with E-state index in [-0.39, 0.29) is 17.2 Å². The molecule has 2 amide bonds. The van der Waals surface area contributed by atoms with Gasteiger partial charge in [0.1, 0.15) is 0 Å². The van der Waals surface area contributed by atoms with Gasteiger partial charge >= 0.3 is 0 Å². The van der Waals surface area contributed by atoms with Crippen LogP contribution in [0, 0.1) is 0 Å². The molecule has 0 radical (unpaired) electrons. The van der Waals surface area contributed by atoms with Crippen LogP contribution in [0.3, 0.4) is 0 Å². The van der Waals surface area contributed by atoms with E-state index in [0.717, 1.165) is 17.9 Å². The molecule has 1 saturated heterocycles. The van der Waals surface area contributed by atoms with Gasteiger partial charge in [0.15, 0.2) is 11.5 Å². The summed E-state index contributed by atoms with van der Waals surface area (Å²) >= 11 is 1.30. The number of rotatable bonds is 7. The lowest BCUT2D eigenvalue weighted by Crippen LogP contribution is -2.32. The summed E-state index contributed by atoms with van der Waals surface area (Å²) in [5, 5.41) is 3.00. The zero-order valence-corrected chi connectivity index (χ0v) is 14.4.